The average molecular weight is 169 g/mol. The SMILES string of the molecule is CC(N)C(=O)OP(=O)(O)O. The molecule has 0 aromatic rings. The van der Waals surface area contributed by atoms with Gasteiger partial charge in [0.2, 0.25) is 0 Å². The zero-order valence-corrected chi connectivity index (χ0v) is 6.12. The van der Waals surface area contributed by atoms with Gasteiger partial charge in [-0.2, -0.15) is 0 Å². The van der Waals surface area contributed by atoms with Crippen molar-refractivity contribution in [2.75, 3.05) is 0 Å². The Kier molecular flexibility index (Phi) is 2.98. The summed E-state index contributed by atoms with van der Waals surface area (Å²) < 4.78 is 13.5. The Morgan fingerprint density at radius 1 is 1.70 bits per heavy atom. The Labute approximate surface area is 57.2 Å². The van der Waals surface area contributed by atoms with Gasteiger partial charge < -0.3 is 10.3 Å². The number of hydrogen-bond donors (Lipinski definition) is 3. The van der Waals surface area contributed by atoms with Crippen LogP contribution in [0.1, 0.15) is 6.92 Å². The third-order valence-electron chi connectivity index (χ3n) is 0.581. The highest BCUT2D eigenvalue weighted by atomic mass is 31.2. The van der Waals surface area contributed by atoms with Gasteiger partial charge >= 0.3 is 13.8 Å². The molecule has 0 saturated carbocycles. The van der Waals surface area contributed by atoms with Crippen molar-refractivity contribution >= 4 is 13.8 Å². The summed E-state index contributed by atoms with van der Waals surface area (Å²) in [5.74, 6) is -1.12. The number of nitrogens with two attached hydrogens (primary N) is 1. The van der Waals surface area contributed by atoms with Gasteiger partial charge in [-0.3, -0.25) is 9.79 Å². The van der Waals surface area contributed by atoms with Crippen LogP contribution in [0.4, 0.5) is 0 Å². The largest absolute Gasteiger partial charge is 0.527 e. The standard InChI is InChI=1S/C3H8NO5P/c1-2(4)3(5)9-10(6,7)8/h2H,4H2,1H3,(H2,6,7,8). The Bertz CT molecular complexity index is 172. The van der Waals surface area contributed by atoms with E-state index in [0.717, 1.165) is 0 Å². The van der Waals surface area contributed by atoms with Crippen LogP contribution in [-0.2, 0) is 13.9 Å². The molecule has 0 radical (unpaired) electrons. The van der Waals surface area contributed by atoms with Gasteiger partial charge in [0.25, 0.3) is 0 Å². The number of carbonyl (C=O) groups excluding carboxylic acids is 1. The lowest BCUT2D eigenvalue weighted by atomic mass is 10.4. The Hall–Kier alpha value is -0.420. The maximum Gasteiger partial charge on any atom is 0.527 e. The highest BCUT2D eigenvalue weighted by Gasteiger charge is 2.22. The summed E-state index contributed by atoms with van der Waals surface area (Å²) in [6.07, 6.45) is 0. The molecule has 0 rings (SSSR count). The Balaban J connectivity index is 3.94. The topological polar surface area (TPSA) is 110 Å². The fraction of sp³-hybridized carbons (Fsp3) is 0.667. The lowest BCUT2D eigenvalue weighted by Crippen LogP contribution is -2.27. The molecule has 0 bridgehead atoms. The van der Waals surface area contributed by atoms with E-state index in [1.165, 1.54) is 6.92 Å². The van der Waals surface area contributed by atoms with Crippen LogP contribution in [0, 0.1) is 0 Å². The second-order valence-electron chi connectivity index (χ2n) is 1.69. The zero-order valence-electron chi connectivity index (χ0n) is 5.22. The number of phosphoric acid groups is 1. The van der Waals surface area contributed by atoms with Crippen LogP contribution in [-0.4, -0.2) is 21.8 Å². The molecule has 0 fully saturated rings. The molecule has 0 heterocycles. The normalized spacial score (nSPS) is 14.4. The van der Waals surface area contributed by atoms with Crippen molar-refractivity contribution < 1.29 is 23.7 Å². The molecule has 0 aliphatic carbocycles. The zero-order chi connectivity index (χ0) is 8.36. The van der Waals surface area contributed by atoms with E-state index in [1.807, 2.05) is 0 Å². The molecule has 1 atom stereocenters. The first kappa shape index (κ1) is 9.58. The van der Waals surface area contributed by atoms with E-state index < -0.39 is 19.8 Å². The Morgan fingerprint density at radius 3 is 2.20 bits per heavy atom. The van der Waals surface area contributed by atoms with E-state index >= 15 is 0 Å². The van der Waals surface area contributed by atoms with Crippen molar-refractivity contribution in [2.45, 2.75) is 13.0 Å². The molecule has 1 unspecified atom stereocenters. The lowest BCUT2D eigenvalue weighted by Gasteiger charge is -2.06. The summed E-state index contributed by atoms with van der Waals surface area (Å²) in [6, 6.07) is -1.02. The number of hydrogen-bond acceptors (Lipinski definition) is 4. The van der Waals surface area contributed by atoms with E-state index in [2.05, 4.69) is 4.52 Å². The van der Waals surface area contributed by atoms with Crippen molar-refractivity contribution in [2.24, 2.45) is 5.73 Å². The van der Waals surface area contributed by atoms with Crippen LogP contribution in [0.25, 0.3) is 0 Å². The van der Waals surface area contributed by atoms with E-state index in [0.29, 0.717) is 0 Å². The highest BCUT2D eigenvalue weighted by molar-refractivity contribution is 7.46. The van der Waals surface area contributed by atoms with Crippen molar-refractivity contribution in [3.63, 3.8) is 0 Å². The quantitative estimate of drug-likeness (QED) is 0.456. The summed E-state index contributed by atoms with van der Waals surface area (Å²) in [7, 11) is -4.71. The molecule has 0 aliphatic heterocycles. The molecule has 0 aromatic heterocycles. The minimum absolute atomic E-state index is 1.02. The molecule has 60 valence electrons. The first-order valence-electron chi connectivity index (χ1n) is 2.37. The first-order valence-corrected chi connectivity index (χ1v) is 3.90. The minimum atomic E-state index is -4.71. The van der Waals surface area contributed by atoms with Crippen LogP contribution in [0.5, 0.6) is 0 Å². The summed E-state index contributed by atoms with van der Waals surface area (Å²) in [6.45, 7) is 1.26. The Morgan fingerprint density at radius 2 is 2.10 bits per heavy atom. The predicted octanol–water partition coefficient (Wildman–Crippen LogP) is -1.03. The van der Waals surface area contributed by atoms with Gasteiger partial charge in [0.05, 0.1) is 0 Å². The average Bonchev–Trinajstić information content (AvgIpc) is 1.60. The lowest BCUT2D eigenvalue weighted by molar-refractivity contribution is -0.136. The summed E-state index contributed by atoms with van der Waals surface area (Å²) in [4.78, 5) is 26.4. The monoisotopic (exact) mass is 169 g/mol. The van der Waals surface area contributed by atoms with Crippen LogP contribution < -0.4 is 5.73 Å². The summed E-state index contributed by atoms with van der Waals surface area (Å²) in [5.41, 5.74) is 4.93. The fourth-order valence-electron chi connectivity index (χ4n) is 0.200. The van der Waals surface area contributed by atoms with E-state index in [4.69, 9.17) is 15.5 Å². The van der Waals surface area contributed by atoms with Gasteiger partial charge in [0.1, 0.15) is 6.04 Å². The molecule has 0 amide bonds. The molecule has 0 aliphatic rings. The molecule has 7 heteroatoms. The second kappa shape index (κ2) is 3.12. The van der Waals surface area contributed by atoms with Crippen LogP contribution in [0.15, 0.2) is 0 Å². The third-order valence-corrected chi connectivity index (χ3v) is 0.998. The van der Waals surface area contributed by atoms with Crippen LogP contribution in [0.3, 0.4) is 0 Å². The van der Waals surface area contributed by atoms with Gasteiger partial charge in [-0.05, 0) is 6.92 Å². The molecular formula is C3H8NO5P. The van der Waals surface area contributed by atoms with Gasteiger partial charge in [-0.25, -0.2) is 9.36 Å². The van der Waals surface area contributed by atoms with Crippen molar-refractivity contribution in [1.82, 2.24) is 0 Å². The molecule has 6 nitrogen and oxygen atoms in total. The fourth-order valence-corrected chi connectivity index (χ4v) is 0.601. The van der Waals surface area contributed by atoms with Crippen molar-refractivity contribution in [3.8, 4) is 0 Å². The van der Waals surface area contributed by atoms with Crippen molar-refractivity contribution in [3.05, 3.63) is 0 Å². The summed E-state index contributed by atoms with van der Waals surface area (Å²) in [5, 5.41) is 0. The second-order valence-corrected chi connectivity index (χ2v) is 2.85. The van der Waals surface area contributed by atoms with Crippen LogP contribution >= 0.6 is 7.82 Å². The molecule has 0 aromatic carbocycles. The molecule has 4 N–H and O–H groups in total. The number of rotatable bonds is 2. The van der Waals surface area contributed by atoms with E-state index in [9.17, 15) is 9.36 Å². The van der Waals surface area contributed by atoms with E-state index in [-0.39, 0.29) is 0 Å². The third kappa shape index (κ3) is 4.46. The number of carbonyl (C=O) groups is 1. The van der Waals surface area contributed by atoms with Gasteiger partial charge in [0, 0.05) is 0 Å². The minimum Gasteiger partial charge on any atom is -0.369 e. The number of phosphoric ester groups is 1. The van der Waals surface area contributed by atoms with Crippen molar-refractivity contribution in [1.29, 1.82) is 0 Å². The maximum absolute atomic E-state index is 10.3. The first-order chi connectivity index (χ1) is 4.33. The van der Waals surface area contributed by atoms with Crippen LogP contribution in [0.2, 0.25) is 0 Å². The molecule has 10 heavy (non-hydrogen) atoms. The predicted molar refractivity (Wildman–Crippen MR) is 31.8 cm³/mol. The van der Waals surface area contributed by atoms with Gasteiger partial charge in [-0.15, -0.1) is 0 Å². The molecular weight excluding hydrogens is 161 g/mol. The molecule has 0 saturated heterocycles. The highest BCUT2D eigenvalue weighted by Crippen LogP contribution is 2.35. The van der Waals surface area contributed by atoms with Gasteiger partial charge in [-0.1, -0.05) is 0 Å². The van der Waals surface area contributed by atoms with E-state index in [1.54, 1.807) is 0 Å². The summed E-state index contributed by atoms with van der Waals surface area (Å²) >= 11 is 0. The smallest absolute Gasteiger partial charge is 0.369 e. The van der Waals surface area contributed by atoms with Gasteiger partial charge in [0.15, 0.2) is 0 Å². The maximum atomic E-state index is 10.3. The molecule has 0 spiro atoms.